The lowest BCUT2D eigenvalue weighted by Gasteiger charge is -2.20. The van der Waals surface area contributed by atoms with E-state index in [0.29, 0.717) is 18.8 Å². The molecule has 0 N–H and O–H groups in total. The first-order valence-electron chi connectivity index (χ1n) is 5.37. The summed E-state index contributed by atoms with van der Waals surface area (Å²) in [7, 11) is 0. The van der Waals surface area contributed by atoms with Gasteiger partial charge in [-0.15, -0.1) is 16.7 Å². The van der Waals surface area contributed by atoms with Crippen LogP contribution in [-0.2, 0) is 16.2 Å². The van der Waals surface area contributed by atoms with E-state index in [1.807, 2.05) is 30.3 Å². The van der Waals surface area contributed by atoms with Gasteiger partial charge in [0.15, 0.2) is 0 Å². The van der Waals surface area contributed by atoms with Crippen molar-refractivity contribution in [1.82, 2.24) is 5.06 Å². The third kappa shape index (κ3) is 2.74. The Kier molecular flexibility index (Phi) is 3.80. The molecule has 1 unspecified atom stereocenters. The predicted molar refractivity (Wildman–Crippen MR) is 61.8 cm³/mol. The maximum Gasteiger partial charge on any atom is 0.326 e. The van der Waals surface area contributed by atoms with E-state index in [1.54, 1.807) is 5.06 Å². The summed E-state index contributed by atoms with van der Waals surface area (Å²) in [5.74, 6) is 0.387. The molecule has 2 rings (SSSR count). The fourth-order valence-electron chi connectivity index (χ4n) is 1.83. The number of hydroxylamine groups is 2. The minimum Gasteiger partial charge on any atom is -0.367 e. The molecule has 1 heterocycles. The quantitative estimate of drug-likeness (QED) is 0.756. The Labute approximate surface area is 99.9 Å². The Morgan fingerprint density at radius 1 is 1.38 bits per heavy atom. The smallest absolute Gasteiger partial charge is 0.326 e. The molecule has 1 aliphatic heterocycles. The van der Waals surface area contributed by atoms with Crippen molar-refractivity contribution in [3.05, 3.63) is 35.9 Å². The largest absolute Gasteiger partial charge is 0.367 e. The molecule has 0 bridgehead atoms. The van der Waals surface area contributed by atoms with E-state index >= 15 is 0 Å². The Morgan fingerprint density at radius 3 is 2.81 bits per heavy atom. The monoisotopic (exact) mass is 239 g/mol. The van der Waals surface area contributed by atoms with Crippen LogP contribution in [0.25, 0.3) is 0 Å². The number of hydrogen-bond donors (Lipinski definition) is 0. The lowest BCUT2D eigenvalue weighted by atomic mass is 10.1. The van der Waals surface area contributed by atoms with Crippen LogP contribution in [-0.4, -0.2) is 23.0 Å². The van der Waals surface area contributed by atoms with Gasteiger partial charge in [-0.2, -0.15) is 0 Å². The number of halogens is 1. The topological polar surface area (TPSA) is 29.5 Å². The molecule has 86 valence electrons. The van der Waals surface area contributed by atoms with E-state index in [9.17, 15) is 4.79 Å². The van der Waals surface area contributed by atoms with Crippen molar-refractivity contribution in [1.29, 1.82) is 0 Å². The lowest BCUT2D eigenvalue weighted by molar-refractivity contribution is -0.178. The van der Waals surface area contributed by atoms with Gasteiger partial charge < -0.3 is 4.84 Å². The molecule has 1 atom stereocenters. The second-order valence-corrected chi connectivity index (χ2v) is 4.24. The van der Waals surface area contributed by atoms with Crippen LogP contribution in [0, 0.1) is 0 Å². The zero-order valence-electron chi connectivity index (χ0n) is 8.93. The lowest BCUT2D eigenvalue weighted by Crippen LogP contribution is -2.28. The maximum absolute atomic E-state index is 11.2. The average molecular weight is 240 g/mol. The molecule has 1 aromatic carbocycles. The molecular formula is C12H14ClNO2. The van der Waals surface area contributed by atoms with Crippen molar-refractivity contribution in [2.45, 2.75) is 25.4 Å². The van der Waals surface area contributed by atoms with Gasteiger partial charge in [0.05, 0.1) is 19.0 Å². The Morgan fingerprint density at radius 2 is 2.12 bits per heavy atom. The molecule has 1 aromatic rings. The highest BCUT2D eigenvalue weighted by Gasteiger charge is 2.32. The molecule has 0 aliphatic carbocycles. The first-order valence-corrected chi connectivity index (χ1v) is 5.90. The Bertz CT molecular complexity index is 355. The number of hydrogen-bond acceptors (Lipinski definition) is 3. The highest BCUT2D eigenvalue weighted by atomic mass is 35.5. The predicted octanol–water partition coefficient (Wildman–Crippen LogP) is 2.35. The van der Waals surface area contributed by atoms with E-state index in [-0.39, 0.29) is 12.0 Å². The van der Waals surface area contributed by atoms with Crippen molar-refractivity contribution in [3.8, 4) is 0 Å². The van der Waals surface area contributed by atoms with Gasteiger partial charge in [0, 0.05) is 5.88 Å². The maximum atomic E-state index is 11.2. The summed E-state index contributed by atoms with van der Waals surface area (Å²) >= 11 is 5.70. The molecule has 1 aliphatic rings. The van der Waals surface area contributed by atoms with Gasteiger partial charge in [-0.1, -0.05) is 30.3 Å². The van der Waals surface area contributed by atoms with Crippen LogP contribution >= 0.6 is 11.6 Å². The van der Waals surface area contributed by atoms with Crippen molar-refractivity contribution in [2.24, 2.45) is 0 Å². The zero-order valence-corrected chi connectivity index (χ0v) is 9.69. The van der Waals surface area contributed by atoms with Crippen molar-refractivity contribution in [3.63, 3.8) is 0 Å². The van der Waals surface area contributed by atoms with Gasteiger partial charge in [0.2, 0.25) is 0 Å². The molecular weight excluding hydrogens is 226 g/mol. The van der Waals surface area contributed by atoms with E-state index in [4.69, 9.17) is 16.4 Å². The summed E-state index contributed by atoms with van der Waals surface area (Å²) in [6, 6.07) is 10.1. The van der Waals surface area contributed by atoms with E-state index in [0.717, 1.165) is 12.0 Å². The summed E-state index contributed by atoms with van der Waals surface area (Å²) in [5.41, 5.74) is 1.14. The number of carbonyl (C=O) groups is 1. The van der Waals surface area contributed by atoms with Gasteiger partial charge in [-0.3, -0.25) is 4.79 Å². The fraction of sp³-hybridized carbons (Fsp3) is 0.417. The molecule has 16 heavy (non-hydrogen) atoms. The van der Waals surface area contributed by atoms with Crippen molar-refractivity contribution < 1.29 is 9.63 Å². The van der Waals surface area contributed by atoms with E-state index in [2.05, 4.69) is 0 Å². The molecule has 3 nitrogen and oxygen atoms in total. The Hall–Kier alpha value is -1.06. The fourth-order valence-corrected chi connectivity index (χ4v) is 2.09. The second kappa shape index (κ2) is 5.32. The van der Waals surface area contributed by atoms with Gasteiger partial charge in [-0.25, -0.2) is 0 Å². The summed E-state index contributed by atoms with van der Waals surface area (Å²) in [5, 5.41) is 1.74. The number of rotatable bonds is 4. The molecule has 4 heteroatoms. The molecule has 0 aromatic heterocycles. The van der Waals surface area contributed by atoms with Crippen LogP contribution in [0.15, 0.2) is 30.3 Å². The van der Waals surface area contributed by atoms with Gasteiger partial charge in [-0.05, 0) is 12.0 Å². The van der Waals surface area contributed by atoms with Crippen LogP contribution in [0.1, 0.15) is 18.4 Å². The summed E-state index contributed by atoms with van der Waals surface area (Å²) in [4.78, 5) is 16.4. The third-order valence-corrected chi connectivity index (χ3v) is 2.87. The Balaban J connectivity index is 2.00. The van der Waals surface area contributed by atoms with Crippen LogP contribution < -0.4 is 0 Å². The van der Waals surface area contributed by atoms with Gasteiger partial charge >= 0.3 is 5.97 Å². The van der Waals surface area contributed by atoms with Crippen molar-refractivity contribution in [2.75, 3.05) is 5.88 Å². The summed E-state index contributed by atoms with van der Waals surface area (Å²) in [6.07, 6.45) is 1.22. The standard InChI is InChI=1S/C12H14ClNO2/c13-7-6-11-8-12(15)16-14(11)9-10-4-2-1-3-5-10/h1-5,11H,6-9H2. The average Bonchev–Trinajstić information content (AvgIpc) is 2.61. The van der Waals surface area contributed by atoms with Crippen LogP contribution in [0.4, 0.5) is 0 Å². The number of nitrogens with zero attached hydrogens (tertiary/aromatic N) is 1. The highest BCUT2D eigenvalue weighted by Crippen LogP contribution is 2.21. The van der Waals surface area contributed by atoms with Gasteiger partial charge in [0.25, 0.3) is 0 Å². The van der Waals surface area contributed by atoms with Crippen LogP contribution in [0.3, 0.4) is 0 Å². The molecule has 0 spiro atoms. The van der Waals surface area contributed by atoms with Crippen LogP contribution in [0.5, 0.6) is 0 Å². The first kappa shape index (κ1) is 11.4. The third-order valence-electron chi connectivity index (χ3n) is 2.65. The van der Waals surface area contributed by atoms with Gasteiger partial charge in [0.1, 0.15) is 0 Å². The molecule has 0 radical (unpaired) electrons. The summed E-state index contributed by atoms with van der Waals surface area (Å²) in [6.45, 7) is 0.633. The van der Waals surface area contributed by atoms with E-state index < -0.39 is 0 Å². The zero-order chi connectivity index (χ0) is 11.4. The minimum absolute atomic E-state index is 0.116. The normalized spacial score (nSPS) is 21.1. The molecule has 0 amide bonds. The minimum atomic E-state index is -0.161. The molecule has 0 saturated carbocycles. The SMILES string of the molecule is O=C1CC(CCCl)N(Cc2ccccc2)O1. The van der Waals surface area contributed by atoms with Crippen LogP contribution in [0.2, 0.25) is 0 Å². The summed E-state index contributed by atoms with van der Waals surface area (Å²) < 4.78 is 0. The number of alkyl halides is 1. The van der Waals surface area contributed by atoms with E-state index in [1.165, 1.54) is 0 Å². The second-order valence-electron chi connectivity index (χ2n) is 3.86. The molecule has 1 saturated heterocycles. The van der Waals surface area contributed by atoms with Crippen molar-refractivity contribution >= 4 is 17.6 Å². The number of carbonyl (C=O) groups excluding carboxylic acids is 1. The number of benzene rings is 1. The highest BCUT2D eigenvalue weighted by molar-refractivity contribution is 6.17. The first-order chi connectivity index (χ1) is 7.79. The molecule has 1 fully saturated rings.